The largest absolute Gasteiger partial charge is 0.465 e. The van der Waals surface area contributed by atoms with Gasteiger partial charge in [-0.05, 0) is 6.07 Å². The molecule has 1 saturated heterocycles. The summed E-state index contributed by atoms with van der Waals surface area (Å²) in [5.74, 6) is 0.0592. The number of hydrogen-bond acceptors (Lipinski definition) is 7. The lowest BCUT2D eigenvalue weighted by Gasteiger charge is -2.23. The van der Waals surface area contributed by atoms with E-state index in [1.807, 2.05) is 0 Å². The number of methoxy groups -OCH3 is 1. The number of nitrogens with zero attached hydrogens (tertiary/aromatic N) is 1. The number of nitrogen functional groups attached to an aromatic ring is 1. The fourth-order valence-corrected chi connectivity index (χ4v) is 1.72. The molecule has 0 bridgehead atoms. The molecule has 1 aliphatic heterocycles. The second-order valence-electron chi connectivity index (χ2n) is 4.10. The Bertz CT molecular complexity index is 447. The van der Waals surface area contributed by atoms with Gasteiger partial charge in [-0.2, -0.15) is 0 Å². The summed E-state index contributed by atoms with van der Waals surface area (Å²) in [5.41, 5.74) is 6.25. The molecule has 0 aliphatic carbocycles. The number of carbonyl (C=O) groups is 1. The maximum absolute atomic E-state index is 11.5. The van der Waals surface area contributed by atoms with E-state index in [-0.39, 0.29) is 11.8 Å². The number of nitrogens with one attached hydrogen (secondary N) is 1. The van der Waals surface area contributed by atoms with Crippen LogP contribution in [0.3, 0.4) is 0 Å². The van der Waals surface area contributed by atoms with Gasteiger partial charge in [-0.1, -0.05) is 0 Å². The Labute approximate surface area is 111 Å². The highest BCUT2D eigenvalue weighted by Crippen LogP contribution is 2.16. The summed E-state index contributed by atoms with van der Waals surface area (Å²) in [5, 5.41) is 3.08. The lowest BCUT2D eigenvalue weighted by Crippen LogP contribution is -2.34. The van der Waals surface area contributed by atoms with Crippen LogP contribution in [-0.4, -0.2) is 50.5 Å². The van der Waals surface area contributed by atoms with Gasteiger partial charge in [-0.3, -0.25) is 0 Å². The van der Waals surface area contributed by atoms with E-state index in [4.69, 9.17) is 15.2 Å². The van der Waals surface area contributed by atoms with Crippen LogP contribution in [-0.2, 0) is 14.2 Å². The van der Waals surface area contributed by atoms with Crippen LogP contribution in [0, 0.1) is 0 Å². The Morgan fingerprint density at radius 2 is 2.47 bits per heavy atom. The first kappa shape index (κ1) is 13.6. The van der Waals surface area contributed by atoms with Crippen molar-refractivity contribution in [1.82, 2.24) is 4.98 Å². The summed E-state index contributed by atoms with van der Waals surface area (Å²) in [4.78, 5) is 15.6. The minimum atomic E-state index is -0.486. The lowest BCUT2D eigenvalue weighted by molar-refractivity contribution is -0.0819. The first-order valence-electron chi connectivity index (χ1n) is 5.97. The zero-order chi connectivity index (χ0) is 13.7. The van der Waals surface area contributed by atoms with E-state index in [9.17, 15) is 4.79 Å². The molecule has 7 nitrogen and oxygen atoms in total. The first-order valence-corrected chi connectivity index (χ1v) is 5.97. The molecule has 0 spiro atoms. The fraction of sp³-hybridized carbons (Fsp3) is 0.500. The van der Waals surface area contributed by atoms with Crippen molar-refractivity contribution in [1.29, 1.82) is 0 Å². The molecule has 7 heteroatoms. The van der Waals surface area contributed by atoms with E-state index in [1.54, 1.807) is 6.07 Å². The Balaban J connectivity index is 1.98. The highest BCUT2D eigenvalue weighted by molar-refractivity contribution is 5.95. The molecule has 0 amide bonds. The molecule has 1 aliphatic rings. The lowest BCUT2D eigenvalue weighted by atomic mass is 10.2. The van der Waals surface area contributed by atoms with E-state index in [1.165, 1.54) is 13.3 Å². The highest BCUT2D eigenvalue weighted by atomic mass is 16.6. The van der Waals surface area contributed by atoms with Crippen molar-refractivity contribution in [2.75, 3.05) is 44.5 Å². The number of aromatic nitrogens is 1. The van der Waals surface area contributed by atoms with Gasteiger partial charge < -0.3 is 25.3 Å². The number of hydrogen-bond donors (Lipinski definition) is 2. The average Bonchev–Trinajstić information content (AvgIpc) is 2.46. The molecule has 0 radical (unpaired) electrons. The third-order valence-corrected chi connectivity index (χ3v) is 2.74. The van der Waals surface area contributed by atoms with Gasteiger partial charge in [0, 0.05) is 6.54 Å². The Kier molecular flexibility index (Phi) is 4.53. The third kappa shape index (κ3) is 3.55. The van der Waals surface area contributed by atoms with Gasteiger partial charge >= 0.3 is 5.97 Å². The molecule has 1 fully saturated rings. The second-order valence-corrected chi connectivity index (χ2v) is 4.10. The number of nitrogens with two attached hydrogens (primary N) is 1. The molecule has 1 aromatic heterocycles. The van der Waals surface area contributed by atoms with Gasteiger partial charge in [-0.15, -0.1) is 0 Å². The number of carbonyl (C=O) groups excluding carboxylic acids is 1. The van der Waals surface area contributed by atoms with Gasteiger partial charge in [0.25, 0.3) is 0 Å². The van der Waals surface area contributed by atoms with Crippen LogP contribution in [0.25, 0.3) is 0 Å². The predicted molar refractivity (Wildman–Crippen MR) is 69.0 cm³/mol. The van der Waals surface area contributed by atoms with Crippen molar-refractivity contribution in [3.8, 4) is 0 Å². The standard InChI is InChI=1S/C12H17N3O4/c1-17-12(16)9-4-11(15-6-10(9)13)14-5-8-7-18-2-3-19-8/h4,6,8H,2-3,5,7,13H2,1H3,(H,14,15). The monoisotopic (exact) mass is 267 g/mol. The van der Waals surface area contributed by atoms with Crippen molar-refractivity contribution in [3.63, 3.8) is 0 Å². The van der Waals surface area contributed by atoms with Crippen LogP contribution in [0.15, 0.2) is 12.3 Å². The van der Waals surface area contributed by atoms with Crippen LogP contribution in [0.2, 0.25) is 0 Å². The van der Waals surface area contributed by atoms with Crippen LogP contribution in [0.1, 0.15) is 10.4 Å². The second kappa shape index (κ2) is 6.35. The van der Waals surface area contributed by atoms with Crippen LogP contribution >= 0.6 is 0 Å². The quantitative estimate of drug-likeness (QED) is 0.756. The van der Waals surface area contributed by atoms with E-state index in [2.05, 4.69) is 15.0 Å². The number of anilines is 2. The molecular formula is C12H17N3O4. The molecule has 1 unspecified atom stereocenters. The maximum Gasteiger partial charge on any atom is 0.340 e. The predicted octanol–water partition coefficient (Wildman–Crippen LogP) is 0.278. The Morgan fingerprint density at radius 3 is 3.16 bits per heavy atom. The molecule has 1 atom stereocenters. The van der Waals surface area contributed by atoms with Gasteiger partial charge in [0.05, 0.1) is 50.5 Å². The van der Waals surface area contributed by atoms with Crippen molar-refractivity contribution < 1.29 is 19.0 Å². The first-order chi connectivity index (χ1) is 9.20. The van der Waals surface area contributed by atoms with Crippen LogP contribution < -0.4 is 11.1 Å². The van der Waals surface area contributed by atoms with E-state index in [0.29, 0.717) is 37.7 Å². The third-order valence-electron chi connectivity index (χ3n) is 2.74. The number of ether oxygens (including phenoxy) is 3. The minimum absolute atomic E-state index is 0.0188. The summed E-state index contributed by atoms with van der Waals surface area (Å²) in [6, 6.07) is 1.56. The van der Waals surface area contributed by atoms with Gasteiger partial charge in [0.1, 0.15) is 5.82 Å². The smallest absolute Gasteiger partial charge is 0.340 e. The summed E-state index contributed by atoms with van der Waals surface area (Å²) in [6.07, 6.45) is 1.40. The highest BCUT2D eigenvalue weighted by Gasteiger charge is 2.15. The Morgan fingerprint density at radius 1 is 1.63 bits per heavy atom. The molecule has 2 rings (SSSR count). The van der Waals surface area contributed by atoms with Gasteiger partial charge in [-0.25, -0.2) is 9.78 Å². The molecule has 3 N–H and O–H groups in total. The molecule has 104 valence electrons. The maximum atomic E-state index is 11.5. The Hall–Kier alpha value is -1.86. The number of esters is 1. The number of pyridine rings is 1. The molecule has 19 heavy (non-hydrogen) atoms. The van der Waals surface area contributed by atoms with E-state index >= 15 is 0 Å². The fourth-order valence-electron chi connectivity index (χ4n) is 1.72. The van der Waals surface area contributed by atoms with Crippen molar-refractivity contribution in [2.45, 2.75) is 6.10 Å². The molecule has 0 saturated carbocycles. The molecular weight excluding hydrogens is 250 g/mol. The summed E-state index contributed by atoms with van der Waals surface area (Å²) in [6.45, 7) is 2.32. The summed E-state index contributed by atoms with van der Waals surface area (Å²) >= 11 is 0. The molecule has 2 heterocycles. The van der Waals surface area contributed by atoms with Crippen molar-refractivity contribution in [3.05, 3.63) is 17.8 Å². The summed E-state index contributed by atoms with van der Waals surface area (Å²) < 4.78 is 15.4. The number of rotatable bonds is 4. The topological polar surface area (TPSA) is 95.7 Å². The van der Waals surface area contributed by atoms with Crippen LogP contribution in [0.5, 0.6) is 0 Å². The normalized spacial score (nSPS) is 18.9. The summed E-state index contributed by atoms with van der Waals surface area (Å²) in [7, 11) is 1.31. The zero-order valence-corrected chi connectivity index (χ0v) is 10.7. The average molecular weight is 267 g/mol. The minimum Gasteiger partial charge on any atom is -0.465 e. The van der Waals surface area contributed by atoms with Gasteiger partial charge in [0.2, 0.25) is 0 Å². The molecule has 1 aromatic rings. The van der Waals surface area contributed by atoms with E-state index in [0.717, 1.165) is 0 Å². The van der Waals surface area contributed by atoms with Crippen molar-refractivity contribution in [2.24, 2.45) is 0 Å². The molecule has 0 aromatic carbocycles. The van der Waals surface area contributed by atoms with Crippen molar-refractivity contribution >= 4 is 17.5 Å². The van der Waals surface area contributed by atoms with Gasteiger partial charge in [0.15, 0.2) is 0 Å². The zero-order valence-electron chi connectivity index (χ0n) is 10.7. The SMILES string of the molecule is COC(=O)c1cc(NCC2COCCO2)ncc1N. The van der Waals surface area contributed by atoms with E-state index < -0.39 is 5.97 Å². The van der Waals surface area contributed by atoms with Crippen LogP contribution in [0.4, 0.5) is 11.5 Å².